The molecule has 0 aliphatic heterocycles. The molecular formula is C29H46O4. The van der Waals surface area contributed by atoms with Gasteiger partial charge < -0.3 is 14.6 Å². The monoisotopic (exact) mass is 458 g/mol. The molecule has 0 amide bonds. The number of aliphatic carboxylic acids is 1. The van der Waals surface area contributed by atoms with Gasteiger partial charge in [-0.2, -0.15) is 0 Å². The Morgan fingerprint density at radius 1 is 1.15 bits per heavy atom. The van der Waals surface area contributed by atoms with Gasteiger partial charge in [0, 0.05) is 12.0 Å². The lowest BCUT2D eigenvalue weighted by molar-refractivity contribution is -0.186. The number of carboxylic acids is 1. The number of carboxylic acid groups (broad SMARTS) is 1. The highest BCUT2D eigenvalue weighted by Gasteiger charge is 2.84. The van der Waals surface area contributed by atoms with Gasteiger partial charge in [0.15, 0.2) is 0 Å². The molecule has 0 saturated heterocycles. The number of allylic oxidation sites excluding steroid dienone is 1. The minimum atomic E-state index is -1.09. The highest BCUT2D eigenvalue weighted by molar-refractivity contribution is 5.90. The average Bonchev–Trinajstić information content (AvgIpc) is 3.35. The molecule has 0 radical (unpaired) electrons. The Morgan fingerprint density at radius 2 is 1.85 bits per heavy atom. The molecular weight excluding hydrogens is 412 g/mol. The van der Waals surface area contributed by atoms with Crippen molar-refractivity contribution in [2.45, 2.75) is 98.3 Å². The molecule has 1 N–H and O–H groups in total. The molecule has 3 fully saturated rings. The summed E-state index contributed by atoms with van der Waals surface area (Å²) >= 11 is 0. The predicted molar refractivity (Wildman–Crippen MR) is 131 cm³/mol. The number of hydrogen-bond donors (Lipinski definition) is 1. The maximum absolute atomic E-state index is 13.4. The molecule has 4 aliphatic carbocycles. The second-order valence-corrected chi connectivity index (χ2v) is 12.2. The number of carbonyl (C=O) groups is 2. The molecule has 7 atom stereocenters. The summed E-state index contributed by atoms with van der Waals surface area (Å²) in [5.41, 5.74) is -1.32. The second-order valence-electron chi connectivity index (χ2n) is 12.2. The van der Waals surface area contributed by atoms with Crippen LogP contribution in [0.3, 0.4) is 0 Å². The average molecular weight is 459 g/mol. The van der Waals surface area contributed by atoms with E-state index >= 15 is 0 Å². The van der Waals surface area contributed by atoms with Gasteiger partial charge in [0.2, 0.25) is 0 Å². The minimum Gasteiger partial charge on any atom is -0.481 e. The molecule has 4 heteroatoms. The zero-order chi connectivity index (χ0) is 23.9. The molecule has 33 heavy (non-hydrogen) atoms. The highest BCUT2D eigenvalue weighted by Crippen LogP contribution is 2.82. The van der Waals surface area contributed by atoms with Crippen LogP contribution in [-0.2, 0) is 14.3 Å². The highest BCUT2D eigenvalue weighted by atomic mass is 16.5. The van der Waals surface area contributed by atoms with Crippen LogP contribution in [0, 0.1) is 45.8 Å². The number of carbonyl (C=O) groups excluding carboxylic acids is 1. The van der Waals surface area contributed by atoms with Crippen molar-refractivity contribution in [3.05, 3.63) is 11.6 Å². The molecule has 0 aromatic rings. The summed E-state index contributed by atoms with van der Waals surface area (Å²) < 4.78 is 6.37. The van der Waals surface area contributed by atoms with Crippen LogP contribution in [0.15, 0.2) is 11.6 Å². The van der Waals surface area contributed by atoms with Crippen LogP contribution in [0.1, 0.15) is 98.3 Å². The van der Waals surface area contributed by atoms with Gasteiger partial charge in [-0.3, -0.25) is 4.79 Å². The quantitative estimate of drug-likeness (QED) is 0.190. The van der Waals surface area contributed by atoms with Crippen LogP contribution < -0.4 is 0 Å². The van der Waals surface area contributed by atoms with Crippen LogP contribution >= 0.6 is 0 Å². The number of ether oxygens (including phenoxy) is 1. The Kier molecular flexibility index (Phi) is 7.16. The van der Waals surface area contributed by atoms with E-state index in [0.717, 1.165) is 37.5 Å². The maximum Gasteiger partial charge on any atom is 0.315 e. The van der Waals surface area contributed by atoms with Crippen molar-refractivity contribution in [2.75, 3.05) is 13.2 Å². The van der Waals surface area contributed by atoms with Gasteiger partial charge >= 0.3 is 5.97 Å². The van der Waals surface area contributed by atoms with Crippen LogP contribution in [0.2, 0.25) is 0 Å². The normalized spacial score (nSPS) is 40.8. The number of hydrogen-bond acceptors (Lipinski definition) is 3. The predicted octanol–water partition coefficient (Wildman–Crippen LogP) is 6.68. The topological polar surface area (TPSA) is 63.6 Å². The van der Waals surface area contributed by atoms with E-state index in [2.05, 4.69) is 33.8 Å². The van der Waals surface area contributed by atoms with E-state index in [1.54, 1.807) is 0 Å². The van der Waals surface area contributed by atoms with E-state index in [0.29, 0.717) is 31.5 Å². The fourth-order valence-corrected chi connectivity index (χ4v) is 9.05. The molecule has 186 valence electrons. The van der Waals surface area contributed by atoms with Crippen LogP contribution in [0.25, 0.3) is 0 Å². The number of rotatable bonds is 13. The van der Waals surface area contributed by atoms with Crippen LogP contribution in [-0.4, -0.2) is 30.6 Å². The van der Waals surface area contributed by atoms with Gasteiger partial charge in [0.25, 0.3) is 0 Å². The van der Waals surface area contributed by atoms with Crippen LogP contribution in [0.5, 0.6) is 0 Å². The van der Waals surface area contributed by atoms with E-state index in [1.807, 2.05) is 0 Å². The molecule has 3 saturated carbocycles. The first-order chi connectivity index (χ1) is 15.8. The van der Waals surface area contributed by atoms with Gasteiger partial charge in [-0.1, -0.05) is 84.3 Å². The third kappa shape index (κ3) is 3.40. The largest absolute Gasteiger partial charge is 0.481 e. The third-order valence-electron chi connectivity index (χ3n) is 10.4. The Balaban J connectivity index is 1.57. The summed E-state index contributed by atoms with van der Waals surface area (Å²) in [6.07, 6.45) is 15.8. The zero-order valence-corrected chi connectivity index (χ0v) is 21.4. The van der Waals surface area contributed by atoms with E-state index in [4.69, 9.17) is 4.74 Å². The smallest absolute Gasteiger partial charge is 0.315 e. The number of fused-ring (bicyclic) bond motifs is 2. The summed E-state index contributed by atoms with van der Waals surface area (Å²) in [5.74, 6) is 0.696. The Labute approximate surface area is 200 Å². The van der Waals surface area contributed by atoms with Crippen LogP contribution in [0.4, 0.5) is 0 Å². The summed E-state index contributed by atoms with van der Waals surface area (Å²) in [7, 11) is 0. The summed E-state index contributed by atoms with van der Waals surface area (Å²) in [4.78, 5) is 26.3. The van der Waals surface area contributed by atoms with Crippen molar-refractivity contribution in [3.8, 4) is 0 Å². The van der Waals surface area contributed by atoms with Gasteiger partial charge in [-0.15, -0.1) is 0 Å². The van der Waals surface area contributed by atoms with Gasteiger partial charge in [0.1, 0.15) is 11.7 Å². The Hall–Kier alpha value is -1.16. The van der Waals surface area contributed by atoms with Crippen molar-refractivity contribution in [1.29, 1.82) is 0 Å². The van der Waals surface area contributed by atoms with Gasteiger partial charge in [-0.25, -0.2) is 0 Å². The molecule has 4 nitrogen and oxygen atoms in total. The summed E-state index contributed by atoms with van der Waals surface area (Å²) in [6.45, 7) is 9.95. The van der Waals surface area contributed by atoms with Crippen molar-refractivity contribution in [3.63, 3.8) is 0 Å². The summed E-state index contributed by atoms with van der Waals surface area (Å²) in [6, 6.07) is 0. The molecule has 5 unspecified atom stereocenters. The Morgan fingerprint density at radius 3 is 2.48 bits per heavy atom. The molecule has 0 aromatic heterocycles. The molecule has 0 heterocycles. The van der Waals surface area contributed by atoms with Gasteiger partial charge in [0.05, 0.1) is 12.0 Å². The first-order valence-corrected chi connectivity index (χ1v) is 13.8. The molecule has 4 bridgehead atoms. The minimum absolute atomic E-state index is 0.128. The summed E-state index contributed by atoms with van der Waals surface area (Å²) in [5, 5.41) is 11.0. The number of unbranched alkanes of at least 4 members (excludes halogenated alkanes) is 6. The van der Waals surface area contributed by atoms with Crippen molar-refractivity contribution >= 4 is 12.3 Å². The SMILES string of the molecule is CCCCCCCCCOC[C@]12CC3C(C)CCC3[C@@]3(C=O)CC1C=C(C(C)C)C23C(=O)O. The number of aldehydes is 1. The Bertz CT molecular complexity index is 772. The first kappa shape index (κ1) is 24.9. The molecule has 0 spiro atoms. The van der Waals surface area contributed by atoms with Crippen molar-refractivity contribution in [2.24, 2.45) is 45.8 Å². The lowest BCUT2D eigenvalue weighted by Crippen LogP contribution is -2.63. The zero-order valence-electron chi connectivity index (χ0n) is 21.4. The van der Waals surface area contributed by atoms with E-state index in [-0.39, 0.29) is 17.8 Å². The van der Waals surface area contributed by atoms with E-state index in [9.17, 15) is 14.7 Å². The third-order valence-corrected chi connectivity index (χ3v) is 10.4. The van der Waals surface area contributed by atoms with E-state index < -0.39 is 22.2 Å². The molecule has 4 aliphatic rings. The standard InChI is InChI=1S/C29H46O4/c1-5-6-7-8-9-10-11-14-33-19-28-17-23-21(4)12-13-24(23)27(18-30)16-22(28)15-25(20(2)3)29(27,28)26(31)32/h15,18,20-24H,5-14,16-17,19H2,1-4H3,(H,31,32)/t21?,22?,23?,24?,27-,28+,29?/m0/s1. The lowest BCUT2D eigenvalue weighted by Gasteiger charge is -2.58. The van der Waals surface area contributed by atoms with Crippen molar-refractivity contribution in [1.82, 2.24) is 0 Å². The van der Waals surface area contributed by atoms with E-state index in [1.165, 1.54) is 38.5 Å². The fraction of sp³-hybridized carbons (Fsp3) is 0.862. The first-order valence-electron chi connectivity index (χ1n) is 13.8. The van der Waals surface area contributed by atoms with Gasteiger partial charge in [-0.05, 0) is 55.3 Å². The second kappa shape index (κ2) is 9.47. The fourth-order valence-electron chi connectivity index (χ4n) is 9.05. The molecule has 0 aromatic carbocycles. The van der Waals surface area contributed by atoms with Crippen molar-refractivity contribution < 1.29 is 19.4 Å². The maximum atomic E-state index is 13.4. The lowest BCUT2D eigenvalue weighted by atomic mass is 9.43. The molecule has 4 rings (SSSR count).